The normalized spacial score (nSPS) is 21.9. The molecule has 40 heavy (non-hydrogen) atoms. The zero-order valence-corrected chi connectivity index (χ0v) is 22.4. The molecule has 2 aromatic carbocycles. The van der Waals surface area contributed by atoms with Gasteiger partial charge in [-0.1, -0.05) is 54.4 Å². The molecular formula is C32H25F2N2O3S-. The predicted molar refractivity (Wildman–Crippen MR) is 152 cm³/mol. The van der Waals surface area contributed by atoms with Gasteiger partial charge in [0.2, 0.25) is 0 Å². The van der Waals surface area contributed by atoms with Gasteiger partial charge in [-0.3, -0.25) is 14.0 Å². The number of halogens is 2. The number of benzene rings is 2. The Balaban J connectivity index is 1.64. The number of hydrogen-bond donors (Lipinski definition) is 1. The summed E-state index contributed by atoms with van der Waals surface area (Å²) in [5, 5.41) is 4.78. The van der Waals surface area contributed by atoms with E-state index in [9.17, 15) is 17.9 Å². The summed E-state index contributed by atoms with van der Waals surface area (Å²) in [5.74, 6) is -2.01. The summed E-state index contributed by atoms with van der Waals surface area (Å²) in [5.41, 5.74) is 5.56. The Morgan fingerprint density at radius 1 is 1.15 bits per heavy atom. The summed E-state index contributed by atoms with van der Waals surface area (Å²) in [6, 6.07) is 7.45. The molecule has 1 aliphatic heterocycles. The second-order valence-corrected chi connectivity index (χ2v) is 11.1. The topological polar surface area (TPSA) is 81.6 Å². The van der Waals surface area contributed by atoms with Crippen molar-refractivity contribution in [3.05, 3.63) is 129 Å². The quantitative estimate of drug-likeness (QED) is 0.552. The van der Waals surface area contributed by atoms with E-state index in [0.717, 1.165) is 33.6 Å². The predicted octanol–water partition coefficient (Wildman–Crippen LogP) is 4.47. The van der Waals surface area contributed by atoms with Gasteiger partial charge in [0.1, 0.15) is 11.6 Å². The van der Waals surface area contributed by atoms with Gasteiger partial charge in [0.25, 0.3) is 0 Å². The largest absolute Gasteiger partial charge is 0.772 e. The lowest BCUT2D eigenvalue weighted by molar-refractivity contribution is 0.104. The van der Waals surface area contributed by atoms with Crippen LogP contribution in [0.4, 0.5) is 8.78 Å². The highest BCUT2D eigenvalue weighted by Gasteiger charge is 2.35. The van der Waals surface area contributed by atoms with E-state index in [-0.39, 0.29) is 17.5 Å². The van der Waals surface area contributed by atoms with Crippen molar-refractivity contribution in [2.45, 2.75) is 31.6 Å². The van der Waals surface area contributed by atoms with E-state index in [1.54, 1.807) is 30.8 Å². The SMILES string of the molecule is C[C@H]1C=CC(CCS(=O)[O-])=c2ccc3c(c21)C(=O)C=C1C(C2=CN=CC=CN2)=CC[C@H](c2ccc(F)cc2F)C=31. The highest BCUT2D eigenvalue weighted by molar-refractivity contribution is 7.79. The second kappa shape index (κ2) is 10.5. The average Bonchev–Trinajstić information content (AvgIpc) is 3.21. The maximum absolute atomic E-state index is 15.2. The zero-order valence-electron chi connectivity index (χ0n) is 21.6. The van der Waals surface area contributed by atoms with Gasteiger partial charge in [0, 0.05) is 47.2 Å². The van der Waals surface area contributed by atoms with Gasteiger partial charge in [-0.2, -0.15) is 0 Å². The van der Waals surface area contributed by atoms with Crippen LogP contribution in [0.25, 0.3) is 11.1 Å². The van der Waals surface area contributed by atoms with Crippen LogP contribution in [-0.4, -0.2) is 26.5 Å². The van der Waals surface area contributed by atoms with Gasteiger partial charge in [0.05, 0.1) is 11.9 Å². The molecule has 0 amide bonds. The molecule has 6 rings (SSSR count). The van der Waals surface area contributed by atoms with Gasteiger partial charge < -0.3 is 9.87 Å². The molecule has 0 aromatic heterocycles. The number of fused-ring (bicyclic) bond motifs is 4. The van der Waals surface area contributed by atoms with Gasteiger partial charge >= 0.3 is 0 Å². The van der Waals surface area contributed by atoms with Crippen molar-refractivity contribution in [1.29, 1.82) is 0 Å². The van der Waals surface area contributed by atoms with Crippen molar-refractivity contribution >= 4 is 34.2 Å². The van der Waals surface area contributed by atoms with Gasteiger partial charge in [0.15, 0.2) is 5.78 Å². The van der Waals surface area contributed by atoms with E-state index < -0.39 is 28.6 Å². The maximum atomic E-state index is 15.2. The van der Waals surface area contributed by atoms with E-state index in [1.165, 1.54) is 12.1 Å². The Kier molecular flexibility index (Phi) is 6.90. The number of ketones is 1. The molecule has 3 aliphatic carbocycles. The fraction of sp³-hybridized carbons (Fsp3) is 0.188. The second-order valence-electron chi connectivity index (χ2n) is 10.1. The number of rotatable bonds is 5. The van der Waals surface area contributed by atoms with Crippen LogP contribution in [0, 0.1) is 11.6 Å². The van der Waals surface area contributed by atoms with Crippen molar-refractivity contribution < 1.29 is 22.3 Å². The van der Waals surface area contributed by atoms with Crippen molar-refractivity contribution in [2.75, 3.05) is 5.75 Å². The smallest absolute Gasteiger partial charge is 0.187 e. The molecule has 1 unspecified atom stereocenters. The molecule has 0 saturated heterocycles. The van der Waals surface area contributed by atoms with E-state index in [2.05, 4.69) is 10.3 Å². The molecule has 0 bridgehead atoms. The van der Waals surface area contributed by atoms with E-state index >= 15 is 4.39 Å². The van der Waals surface area contributed by atoms with Crippen molar-refractivity contribution in [3.8, 4) is 0 Å². The molecule has 5 nitrogen and oxygen atoms in total. The number of hydrogen-bond acceptors (Lipinski definition) is 5. The molecular weight excluding hydrogens is 530 g/mol. The molecule has 1 heterocycles. The molecule has 0 spiro atoms. The number of nitrogens with one attached hydrogen (secondary N) is 1. The van der Waals surface area contributed by atoms with Gasteiger partial charge in [-0.15, -0.1) is 0 Å². The van der Waals surface area contributed by atoms with Crippen LogP contribution in [-0.2, 0) is 11.1 Å². The zero-order chi connectivity index (χ0) is 28.0. The monoisotopic (exact) mass is 555 g/mol. The van der Waals surface area contributed by atoms with Crippen LogP contribution >= 0.6 is 0 Å². The Morgan fingerprint density at radius 3 is 2.77 bits per heavy atom. The van der Waals surface area contributed by atoms with Crippen LogP contribution in [0.3, 0.4) is 0 Å². The number of allylic oxidation sites excluding steroid dienone is 6. The summed E-state index contributed by atoms with van der Waals surface area (Å²) >= 11 is -2.18. The van der Waals surface area contributed by atoms with Crippen LogP contribution < -0.4 is 15.8 Å². The minimum Gasteiger partial charge on any atom is -0.772 e. The van der Waals surface area contributed by atoms with Crippen molar-refractivity contribution in [2.24, 2.45) is 4.99 Å². The van der Waals surface area contributed by atoms with E-state index in [1.807, 2.05) is 37.3 Å². The molecule has 0 fully saturated rings. The van der Waals surface area contributed by atoms with Crippen LogP contribution in [0.2, 0.25) is 0 Å². The Labute approximate surface area is 232 Å². The minimum absolute atomic E-state index is 0.0148. The highest BCUT2D eigenvalue weighted by atomic mass is 32.2. The summed E-state index contributed by atoms with van der Waals surface area (Å²) in [4.78, 5) is 18.2. The molecule has 3 atom stereocenters. The Hall–Kier alpha value is -4.01. The minimum atomic E-state index is -2.18. The summed E-state index contributed by atoms with van der Waals surface area (Å²) in [7, 11) is 0. The van der Waals surface area contributed by atoms with Crippen LogP contribution in [0.1, 0.15) is 53.1 Å². The van der Waals surface area contributed by atoms with Crippen molar-refractivity contribution in [1.82, 2.24) is 5.32 Å². The molecule has 0 radical (unpaired) electrons. The fourth-order valence-corrected chi connectivity index (χ4v) is 6.45. The third-order valence-electron chi connectivity index (χ3n) is 7.81. The maximum Gasteiger partial charge on any atom is 0.187 e. The molecule has 4 aliphatic rings. The summed E-state index contributed by atoms with van der Waals surface area (Å²) in [6.07, 6.45) is 15.1. The molecule has 0 saturated carbocycles. The van der Waals surface area contributed by atoms with Crippen LogP contribution in [0.15, 0.2) is 94.9 Å². The van der Waals surface area contributed by atoms with E-state index in [0.29, 0.717) is 40.5 Å². The summed E-state index contributed by atoms with van der Waals surface area (Å²) < 4.78 is 51.6. The number of carbonyl (C=O) groups excluding carboxylic acids is 1. The van der Waals surface area contributed by atoms with E-state index in [4.69, 9.17) is 0 Å². The average molecular weight is 556 g/mol. The first-order valence-corrected chi connectivity index (χ1v) is 14.3. The third kappa shape index (κ3) is 4.57. The standard InChI is InChI=1S/C32H26F2N2O3S/c1-18-3-4-19(11-14-40(38)39)21-7-10-25-31-24(22-6-5-20(33)15-27(22)34)9-8-23(28-17-35-12-2-13-36-28)26(31)16-29(37)32(25)30(18)21/h2-8,10,12-13,15-18,24,36H,9,11,14H2,1H3,(H,38,39)/p-1/t18-,24+/m0/s1. The van der Waals surface area contributed by atoms with Crippen molar-refractivity contribution in [3.63, 3.8) is 0 Å². The molecule has 8 heteroatoms. The lowest BCUT2D eigenvalue weighted by Crippen LogP contribution is -2.35. The third-order valence-corrected chi connectivity index (χ3v) is 8.35. The number of aliphatic imine (C=N–C) groups is 1. The lowest BCUT2D eigenvalue weighted by atomic mass is 9.71. The lowest BCUT2D eigenvalue weighted by Gasteiger charge is -2.33. The molecule has 202 valence electrons. The number of nitrogens with zero attached hydrogens (tertiary/aromatic N) is 1. The molecule has 1 N–H and O–H groups in total. The fourth-order valence-electron chi connectivity index (χ4n) is 6.06. The highest BCUT2D eigenvalue weighted by Crippen LogP contribution is 2.45. The van der Waals surface area contributed by atoms with Gasteiger partial charge in [-0.25, -0.2) is 8.78 Å². The van der Waals surface area contributed by atoms with Crippen LogP contribution in [0.5, 0.6) is 0 Å². The van der Waals surface area contributed by atoms with Gasteiger partial charge in [-0.05, 0) is 69.3 Å². The number of carbonyl (C=O) groups is 1. The Morgan fingerprint density at radius 2 is 1.98 bits per heavy atom. The Bertz CT molecular complexity index is 1800. The first-order valence-electron chi connectivity index (χ1n) is 13.0. The first kappa shape index (κ1) is 26.2. The molecule has 2 aromatic rings. The summed E-state index contributed by atoms with van der Waals surface area (Å²) in [6.45, 7) is 2.00. The first-order chi connectivity index (χ1) is 19.3.